The van der Waals surface area contributed by atoms with Gasteiger partial charge in [-0.15, -0.1) is 0 Å². The molecule has 0 heterocycles. The van der Waals surface area contributed by atoms with E-state index in [9.17, 15) is 20.2 Å². The van der Waals surface area contributed by atoms with Crippen molar-refractivity contribution in [3.05, 3.63) is 74.5 Å². The van der Waals surface area contributed by atoms with Crippen LogP contribution in [-0.2, 0) is 4.74 Å². The minimum Gasteiger partial charge on any atom is -0.498 e. The van der Waals surface area contributed by atoms with Crippen LogP contribution in [0.4, 0.5) is 11.4 Å². The van der Waals surface area contributed by atoms with E-state index in [1.54, 1.807) is 18.2 Å². The van der Waals surface area contributed by atoms with E-state index in [4.69, 9.17) is 18.9 Å². The normalized spacial score (nSPS) is 10.5. The highest BCUT2D eigenvalue weighted by molar-refractivity contribution is 5.76. The summed E-state index contributed by atoms with van der Waals surface area (Å²) in [5.74, 6) is 1.17. The van der Waals surface area contributed by atoms with E-state index in [0.717, 1.165) is 6.07 Å². The Hall–Kier alpha value is -4.08. The van der Waals surface area contributed by atoms with Crippen LogP contribution in [0.3, 0.4) is 0 Å². The van der Waals surface area contributed by atoms with E-state index in [1.807, 2.05) is 0 Å². The number of hydrogen-bond donors (Lipinski definition) is 0. The Kier molecular flexibility index (Phi) is 7.74. The highest BCUT2D eigenvalue weighted by atomic mass is 16.6. The molecule has 10 nitrogen and oxygen atoms in total. The first-order valence-corrected chi connectivity index (χ1v) is 8.63. The molecule has 0 aliphatic rings. The molecular weight excluding hydrogens is 396 g/mol. The Balaban J connectivity index is 2.36. The summed E-state index contributed by atoms with van der Waals surface area (Å²) in [5, 5.41) is 22.1. The number of benzene rings is 2. The van der Waals surface area contributed by atoms with Crippen molar-refractivity contribution in [2.24, 2.45) is 0 Å². The molecule has 0 aliphatic carbocycles. The van der Waals surface area contributed by atoms with Crippen molar-refractivity contribution in [1.29, 1.82) is 0 Å². The molecule has 0 aliphatic heterocycles. The third kappa shape index (κ3) is 5.47. The minimum atomic E-state index is -0.685. The van der Waals surface area contributed by atoms with Gasteiger partial charge in [-0.05, 0) is 29.8 Å². The number of rotatable bonds is 11. The van der Waals surface area contributed by atoms with Crippen LogP contribution >= 0.6 is 0 Å². The maximum atomic E-state index is 11.3. The zero-order chi connectivity index (χ0) is 22.1. The Morgan fingerprint density at radius 1 is 0.967 bits per heavy atom. The second-order valence-corrected chi connectivity index (χ2v) is 5.73. The van der Waals surface area contributed by atoms with Gasteiger partial charge in [0.1, 0.15) is 13.2 Å². The third-order valence-electron chi connectivity index (χ3n) is 3.93. The van der Waals surface area contributed by atoms with Crippen molar-refractivity contribution < 1.29 is 28.8 Å². The number of hydrogen-bond acceptors (Lipinski definition) is 8. The van der Waals surface area contributed by atoms with Crippen molar-refractivity contribution >= 4 is 23.5 Å². The zero-order valence-electron chi connectivity index (χ0n) is 16.4. The number of ether oxygens (including phenoxy) is 4. The Labute approximate surface area is 172 Å². The smallest absolute Gasteiger partial charge is 0.283 e. The second-order valence-electron chi connectivity index (χ2n) is 5.73. The summed E-state index contributed by atoms with van der Waals surface area (Å²) in [4.78, 5) is 20.8. The van der Waals surface area contributed by atoms with Crippen LogP contribution in [0.25, 0.3) is 12.2 Å². The molecule has 0 aromatic heterocycles. The van der Waals surface area contributed by atoms with E-state index in [-0.39, 0.29) is 23.5 Å². The lowest BCUT2D eigenvalue weighted by Crippen LogP contribution is -2.06. The van der Waals surface area contributed by atoms with Crippen LogP contribution in [-0.4, -0.2) is 37.3 Å². The lowest BCUT2D eigenvalue weighted by atomic mass is 10.1. The predicted octanol–water partition coefficient (Wildman–Crippen LogP) is 4.23. The predicted molar refractivity (Wildman–Crippen MR) is 110 cm³/mol. The summed E-state index contributed by atoms with van der Waals surface area (Å²) in [7, 11) is 2.94. The van der Waals surface area contributed by atoms with Crippen molar-refractivity contribution in [3.8, 4) is 17.2 Å². The maximum absolute atomic E-state index is 11.3. The average molecular weight is 416 g/mol. The van der Waals surface area contributed by atoms with Gasteiger partial charge in [-0.1, -0.05) is 12.7 Å². The molecule has 0 saturated carbocycles. The van der Waals surface area contributed by atoms with Crippen molar-refractivity contribution in [3.63, 3.8) is 0 Å². The molecule has 0 unspecified atom stereocenters. The summed E-state index contributed by atoms with van der Waals surface area (Å²) in [6.07, 6.45) is 4.39. The second kappa shape index (κ2) is 10.5. The molecule has 2 aromatic rings. The Bertz CT molecular complexity index is 946. The molecule has 10 heteroatoms. The van der Waals surface area contributed by atoms with Gasteiger partial charge in [0.25, 0.3) is 11.4 Å². The molecule has 158 valence electrons. The summed E-state index contributed by atoms with van der Waals surface area (Å²) in [5.41, 5.74) is 0.0992. The molecule has 0 fully saturated rings. The molecule has 0 saturated heterocycles. The highest BCUT2D eigenvalue weighted by Gasteiger charge is 2.18. The fraction of sp³-hybridized carbons (Fsp3) is 0.200. The van der Waals surface area contributed by atoms with Crippen molar-refractivity contribution in [1.82, 2.24) is 0 Å². The van der Waals surface area contributed by atoms with E-state index in [0.29, 0.717) is 29.4 Å². The monoisotopic (exact) mass is 416 g/mol. The number of nitrogens with zero attached hydrogens (tertiary/aromatic N) is 2. The van der Waals surface area contributed by atoms with Crippen LogP contribution < -0.4 is 14.2 Å². The summed E-state index contributed by atoms with van der Waals surface area (Å²) in [6.45, 7) is 3.98. The van der Waals surface area contributed by atoms with Gasteiger partial charge in [0, 0.05) is 6.07 Å². The first kappa shape index (κ1) is 22.2. The summed E-state index contributed by atoms with van der Waals surface area (Å²) in [6, 6.07) is 6.78. The largest absolute Gasteiger partial charge is 0.498 e. The molecule has 0 amide bonds. The fourth-order valence-corrected chi connectivity index (χ4v) is 2.54. The zero-order valence-corrected chi connectivity index (χ0v) is 16.4. The standard InChI is InChI=1S/C20H20N2O8/c1-4-29-9-10-30-20-18(27-2)11-14(12-19(20)28-3)5-6-15-7-8-16(21(23)24)13-17(15)22(25)26/h4-8,11-13H,1,9-10H2,2-3H3/b6-5+. The van der Waals surface area contributed by atoms with Crippen LogP contribution in [0, 0.1) is 20.2 Å². The van der Waals surface area contributed by atoms with Crippen LogP contribution in [0.2, 0.25) is 0 Å². The van der Waals surface area contributed by atoms with Gasteiger partial charge in [0.05, 0.1) is 42.0 Å². The van der Waals surface area contributed by atoms with Gasteiger partial charge in [-0.25, -0.2) is 0 Å². The van der Waals surface area contributed by atoms with E-state index in [2.05, 4.69) is 6.58 Å². The van der Waals surface area contributed by atoms with Crippen molar-refractivity contribution in [2.45, 2.75) is 0 Å². The van der Waals surface area contributed by atoms with Crippen molar-refractivity contribution in [2.75, 3.05) is 27.4 Å². The molecule has 0 spiro atoms. The van der Waals surface area contributed by atoms with Gasteiger partial charge in [0.15, 0.2) is 11.5 Å². The number of nitro groups is 2. The molecule has 0 N–H and O–H groups in total. The van der Waals surface area contributed by atoms with Gasteiger partial charge < -0.3 is 18.9 Å². The third-order valence-corrected chi connectivity index (χ3v) is 3.93. The molecule has 30 heavy (non-hydrogen) atoms. The molecule has 2 rings (SSSR count). The van der Waals surface area contributed by atoms with Gasteiger partial charge >= 0.3 is 0 Å². The highest BCUT2D eigenvalue weighted by Crippen LogP contribution is 2.39. The topological polar surface area (TPSA) is 123 Å². The summed E-state index contributed by atoms with van der Waals surface area (Å²) < 4.78 is 21.4. The number of nitro benzene ring substituents is 2. The number of non-ortho nitro benzene ring substituents is 1. The lowest BCUT2D eigenvalue weighted by Gasteiger charge is -2.15. The lowest BCUT2D eigenvalue weighted by molar-refractivity contribution is -0.394. The first-order chi connectivity index (χ1) is 14.4. The molecule has 0 radical (unpaired) electrons. The van der Waals surface area contributed by atoms with Gasteiger partial charge in [-0.2, -0.15) is 0 Å². The minimum absolute atomic E-state index is 0.213. The van der Waals surface area contributed by atoms with E-state index >= 15 is 0 Å². The van der Waals surface area contributed by atoms with E-state index < -0.39 is 9.85 Å². The molecule has 2 aromatic carbocycles. The van der Waals surface area contributed by atoms with E-state index in [1.165, 1.54) is 38.7 Å². The fourth-order valence-electron chi connectivity index (χ4n) is 2.54. The Morgan fingerprint density at radius 3 is 2.17 bits per heavy atom. The van der Waals surface area contributed by atoms with Crippen LogP contribution in [0.1, 0.15) is 11.1 Å². The first-order valence-electron chi connectivity index (χ1n) is 8.63. The van der Waals surface area contributed by atoms with Gasteiger partial charge in [0.2, 0.25) is 5.75 Å². The SMILES string of the molecule is C=COCCOc1c(OC)cc(/C=C/c2ccc([N+](=O)[O-])cc2[N+](=O)[O-])cc1OC. The average Bonchev–Trinajstić information content (AvgIpc) is 2.74. The summed E-state index contributed by atoms with van der Waals surface area (Å²) >= 11 is 0. The molecule has 0 bridgehead atoms. The maximum Gasteiger partial charge on any atom is 0.283 e. The quantitative estimate of drug-likeness (QED) is 0.175. The van der Waals surface area contributed by atoms with Crippen LogP contribution in [0.15, 0.2) is 43.2 Å². The van der Waals surface area contributed by atoms with Crippen LogP contribution in [0.5, 0.6) is 17.2 Å². The molecular formula is C20H20N2O8. The number of methoxy groups -OCH3 is 2. The molecule has 0 atom stereocenters. The Morgan fingerprint density at radius 2 is 1.63 bits per heavy atom. The van der Waals surface area contributed by atoms with Gasteiger partial charge in [-0.3, -0.25) is 20.2 Å².